The molecule has 112 valence electrons. The molecule has 0 atom stereocenters. The van der Waals surface area contributed by atoms with Gasteiger partial charge in [-0.3, -0.25) is 0 Å². The van der Waals surface area contributed by atoms with E-state index in [4.69, 9.17) is 16.3 Å². The quantitative estimate of drug-likeness (QED) is 0.877. The predicted molar refractivity (Wildman–Crippen MR) is 84.8 cm³/mol. The molecule has 0 aliphatic heterocycles. The van der Waals surface area contributed by atoms with E-state index in [1.165, 1.54) is 0 Å². The summed E-state index contributed by atoms with van der Waals surface area (Å²) in [7, 11) is 0. The lowest BCUT2D eigenvalue weighted by molar-refractivity contribution is 0.452. The first kappa shape index (κ1) is 15.7. The maximum Gasteiger partial charge on any atom is 0.238 e. The van der Waals surface area contributed by atoms with Crippen LogP contribution in [0.15, 0.2) is 30.3 Å². The topological polar surface area (TPSA) is 47.0 Å². The molecule has 0 fully saturated rings. The molecule has 0 amide bonds. The monoisotopic (exact) mass is 305 g/mol. The summed E-state index contributed by atoms with van der Waals surface area (Å²) >= 11 is 6.13. The van der Waals surface area contributed by atoms with Crippen LogP contribution in [0.1, 0.15) is 25.1 Å². The first-order valence-electron chi connectivity index (χ1n) is 7.02. The van der Waals surface area contributed by atoms with Crippen molar-refractivity contribution in [2.24, 2.45) is 5.92 Å². The Kier molecular flexibility index (Phi) is 5.53. The Bertz CT molecular complexity index is 585. The molecule has 0 saturated carbocycles. The number of hydrogen-bond donors (Lipinski definition) is 1. The van der Waals surface area contributed by atoms with Crippen molar-refractivity contribution >= 4 is 11.6 Å². The highest BCUT2D eigenvalue weighted by atomic mass is 35.5. The van der Waals surface area contributed by atoms with Gasteiger partial charge < -0.3 is 10.1 Å². The Morgan fingerprint density at radius 3 is 2.62 bits per heavy atom. The lowest BCUT2D eigenvalue weighted by Gasteiger charge is -2.08. The van der Waals surface area contributed by atoms with Crippen molar-refractivity contribution in [1.82, 2.24) is 15.5 Å². The number of hydrogen-bond acceptors (Lipinski definition) is 4. The standard InChI is InChI=1S/C16H20ClN3O/c1-11(2)9-18-10-13-5-7-16(20-19-13)21-15-6-4-12(3)8-14(15)17/h4-8,11,18H,9-10H2,1-3H3. The molecule has 0 aliphatic rings. The highest BCUT2D eigenvalue weighted by Crippen LogP contribution is 2.28. The molecule has 0 unspecified atom stereocenters. The molecule has 0 bridgehead atoms. The van der Waals surface area contributed by atoms with Crippen molar-refractivity contribution in [3.05, 3.63) is 46.6 Å². The first-order valence-corrected chi connectivity index (χ1v) is 7.39. The van der Waals surface area contributed by atoms with Crippen molar-refractivity contribution in [3.8, 4) is 11.6 Å². The van der Waals surface area contributed by atoms with E-state index in [-0.39, 0.29) is 0 Å². The average molecular weight is 306 g/mol. The summed E-state index contributed by atoms with van der Waals surface area (Å²) in [4.78, 5) is 0. The lowest BCUT2D eigenvalue weighted by Crippen LogP contribution is -2.19. The van der Waals surface area contributed by atoms with Crippen LogP contribution >= 0.6 is 11.6 Å². The average Bonchev–Trinajstić information content (AvgIpc) is 2.43. The molecule has 1 aromatic heterocycles. The summed E-state index contributed by atoms with van der Waals surface area (Å²) < 4.78 is 5.64. The summed E-state index contributed by atoms with van der Waals surface area (Å²) in [6.07, 6.45) is 0. The first-order chi connectivity index (χ1) is 10.0. The van der Waals surface area contributed by atoms with Crippen LogP contribution in [0.25, 0.3) is 0 Å². The maximum absolute atomic E-state index is 6.13. The van der Waals surface area contributed by atoms with Gasteiger partial charge in [0.15, 0.2) is 0 Å². The molecule has 1 N–H and O–H groups in total. The summed E-state index contributed by atoms with van der Waals surface area (Å²) in [5.74, 6) is 1.64. The second-order valence-electron chi connectivity index (χ2n) is 5.42. The number of benzene rings is 1. The number of rotatable bonds is 6. The molecule has 0 spiro atoms. The Labute approximate surface area is 130 Å². The normalized spacial score (nSPS) is 10.9. The van der Waals surface area contributed by atoms with E-state index in [1.54, 1.807) is 6.07 Å². The van der Waals surface area contributed by atoms with Crippen LogP contribution in [-0.4, -0.2) is 16.7 Å². The largest absolute Gasteiger partial charge is 0.436 e. The zero-order valence-corrected chi connectivity index (χ0v) is 13.3. The van der Waals surface area contributed by atoms with E-state index in [0.29, 0.717) is 29.1 Å². The number of nitrogens with one attached hydrogen (secondary N) is 1. The van der Waals surface area contributed by atoms with Crippen molar-refractivity contribution in [1.29, 1.82) is 0 Å². The minimum atomic E-state index is 0.438. The minimum absolute atomic E-state index is 0.438. The minimum Gasteiger partial charge on any atom is -0.436 e. The van der Waals surface area contributed by atoms with Crippen LogP contribution in [0.5, 0.6) is 11.6 Å². The van der Waals surface area contributed by atoms with E-state index < -0.39 is 0 Å². The zero-order chi connectivity index (χ0) is 15.2. The van der Waals surface area contributed by atoms with Gasteiger partial charge >= 0.3 is 0 Å². The van der Waals surface area contributed by atoms with E-state index in [2.05, 4.69) is 29.4 Å². The molecule has 21 heavy (non-hydrogen) atoms. The summed E-state index contributed by atoms with van der Waals surface area (Å²) in [5, 5.41) is 12.1. The highest BCUT2D eigenvalue weighted by molar-refractivity contribution is 6.32. The molecule has 0 saturated heterocycles. The number of aryl methyl sites for hydroxylation is 1. The van der Waals surface area contributed by atoms with Crippen LogP contribution in [0.3, 0.4) is 0 Å². The Morgan fingerprint density at radius 2 is 2.00 bits per heavy atom. The van der Waals surface area contributed by atoms with Crippen molar-refractivity contribution < 1.29 is 4.74 Å². The Balaban J connectivity index is 1.95. The Morgan fingerprint density at radius 1 is 1.19 bits per heavy atom. The third-order valence-corrected chi connectivity index (χ3v) is 3.15. The van der Waals surface area contributed by atoms with Crippen molar-refractivity contribution in [2.75, 3.05) is 6.54 Å². The third kappa shape index (κ3) is 4.99. The van der Waals surface area contributed by atoms with Crippen LogP contribution in [-0.2, 0) is 6.54 Å². The van der Waals surface area contributed by atoms with Gasteiger partial charge in [0.2, 0.25) is 5.88 Å². The van der Waals surface area contributed by atoms with Gasteiger partial charge in [-0.2, -0.15) is 5.10 Å². The smallest absolute Gasteiger partial charge is 0.238 e. The van der Waals surface area contributed by atoms with Crippen molar-refractivity contribution in [2.45, 2.75) is 27.3 Å². The van der Waals surface area contributed by atoms with Gasteiger partial charge in [0.25, 0.3) is 0 Å². The van der Waals surface area contributed by atoms with Gasteiger partial charge in [0, 0.05) is 12.6 Å². The van der Waals surface area contributed by atoms with Crippen molar-refractivity contribution in [3.63, 3.8) is 0 Å². The second kappa shape index (κ2) is 7.38. The molecular weight excluding hydrogens is 286 g/mol. The molecular formula is C16H20ClN3O. The van der Waals surface area contributed by atoms with E-state index in [0.717, 1.165) is 17.8 Å². The van der Waals surface area contributed by atoms with Crippen LogP contribution in [0.4, 0.5) is 0 Å². The van der Waals surface area contributed by atoms with Gasteiger partial charge in [-0.05, 0) is 43.1 Å². The molecule has 5 heteroatoms. The zero-order valence-electron chi connectivity index (χ0n) is 12.6. The van der Waals surface area contributed by atoms with E-state index >= 15 is 0 Å². The number of ether oxygens (including phenoxy) is 1. The van der Waals surface area contributed by atoms with E-state index in [1.807, 2.05) is 31.2 Å². The molecule has 2 rings (SSSR count). The van der Waals surface area contributed by atoms with Gasteiger partial charge in [0.05, 0.1) is 10.7 Å². The fourth-order valence-corrected chi connectivity index (χ4v) is 2.06. The van der Waals surface area contributed by atoms with E-state index in [9.17, 15) is 0 Å². The van der Waals surface area contributed by atoms with Crippen LogP contribution in [0, 0.1) is 12.8 Å². The van der Waals surface area contributed by atoms with Gasteiger partial charge in [-0.15, -0.1) is 5.10 Å². The molecule has 1 aromatic carbocycles. The summed E-state index contributed by atoms with van der Waals surface area (Å²) in [6, 6.07) is 9.33. The molecule has 0 radical (unpaired) electrons. The van der Waals surface area contributed by atoms with Crippen LogP contribution < -0.4 is 10.1 Å². The Hall–Kier alpha value is -1.65. The summed E-state index contributed by atoms with van der Waals surface area (Å²) in [5.41, 5.74) is 1.98. The third-order valence-electron chi connectivity index (χ3n) is 2.86. The lowest BCUT2D eigenvalue weighted by atomic mass is 10.2. The highest BCUT2D eigenvalue weighted by Gasteiger charge is 2.05. The summed E-state index contributed by atoms with van der Waals surface area (Å²) in [6.45, 7) is 7.98. The van der Waals surface area contributed by atoms with Gasteiger partial charge in [-0.25, -0.2) is 0 Å². The molecule has 4 nitrogen and oxygen atoms in total. The fraction of sp³-hybridized carbons (Fsp3) is 0.375. The number of nitrogens with zero attached hydrogens (tertiary/aromatic N) is 2. The molecule has 2 aromatic rings. The number of halogens is 1. The molecule has 1 heterocycles. The van der Waals surface area contributed by atoms with Gasteiger partial charge in [0.1, 0.15) is 5.75 Å². The SMILES string of the molecule is Cc1ccc(Oc2ccc(CNCC(C)C)nn2)c(Cl)c1. The predicted octanol–water partition coefficient (Wildman–Crippen LogP) is 3.98. The second-order valence-corrected chi connectivity index (χ2v) is 5.83. The fourth-order valence-electron chi connectivity index (χ4n) is 1.79. The van der Waals surface area contributed by atoms with Gasteiger partial charge in [-0.1, -0.05) is 31.5 Å². The van der Waals surface area contributed by atoms with Crippen LogP contribution in [0.2, 0.25) is 5.02 Å². The maximum atomic E-state index is 6.13. The number of aromatic nitrogens is 2. The molecule has 0 aliphatic carbocycles.